The predicted molar refractivity (Wildman–Crippen MR) is 58.9 cm³/mol. The number of carbonyl (C=O) groups is 1. The van der Waals surface area contributed by atoms with E-state index in [0.29, 0.717) is 19.6 Å². The minimum absolute atomic E-state index is 0.233. The molecule has 14 heavy (non-hydrogen) atoms. The van der Waals surface area contributed by atoms with Crippen molar-refractivity contribution in [1.82, 2.24) is 0 Å². The molecular formula is C11H21NO2. The highest BCUT2D eigenvalue weighted by Gasteiger charge is 2.21. The van der Waals surface area contributed by atoms with E-state index >= 15 is 0 Å². The maximum Gasteiger partial charge on any atom is 0.143 e. The van der Waals surface area contributed by atoms with Crippen molar-refractivity contribution in [3.05, 3.63) is 0 Å². The number of methoxy groups -OCH3 is 1. The summed E-state index contributed by atoms with van der Waals surface area (Å²) in [4.78, 5) is 15.8. The summed E-state index contributed by atoms with van der Waals surface area (Å²) in [5, 5.41) is 0. The van der Waals surface area contributed by atoms with Crippen molar-refractivity contribution in [2.45, 2.75) is 34.1 Å². The summed E-state index contributed by atoms with van der Waals surface area (Å²) in [7, 11) is 1.64. The molecule has 0 aromatic heterocycles. The smallest absolute Gasteiger partial charge is 0.143 e. The van der Waals surface area contributed by atoms with Gasteiger partial charge in [-0.2, -0.15) is 0 Å². The SMILES string of the molecule is COCCN=C(C)CC(=O)C(C)(C)C. The van der Waals surface area contributed by atoms with Crippen LogP contribution in [0.4, 0.5) is 0 Å². The van der Waals surface area contributed by atoms with Crippen LogP contribution >= 0.6 is 0 Å². The average Bonchev–Trinajstić information content (AvgIpc) is 2.03. The van der Waals surface area contributed by atoms with Gasteiger partial charge in [0.1, 0.15) is 5.78 Å². The molecule has 0 atom stereocenters. The third kappa shape index (κ3) is 5.86. The van der Waals surface area contributed by atoms with Gasteiger partial charge in [-0.3, -0.25) is 9.79 Å². The number of carbonyl (C=O) groups excluding carboxylic acids is 1. The van der Waals surface area contributed by atoms with Crippen molar-refractivity contribution in [3.8, 4) is 0 Å². The number of hydrogen-bond acceptors (Lipinski definition) is 3. The van der Waals surface area contributed by atoms with Crippen LogP contribution < -0.4 is 0 Å². The van der Waals surface area contributed by atoms with Gasteiger partial charge in [-0.15, -0.1) is 0 Å². The highest BCUT2D eigenvalue weighted by molar-refractivity contribution is 6.02. The fourth-order valence-corrected chi connectivity index (χ4v) is 0.881. The van der Waals surface area contributed by atoms with Gasteiger partial charge in [0.15, 0.2) is 0 Å². The van der Waals surface area contributed by atoms with Crippen LogP contribution in [0.2, 0.25) is 0 Å². The highest BCUT2D eigenvalue weighted by Crippen LogP contribution is 2.16. The van der Waals surface area contributed by atoms with Crippen LogP contribution in [0.25, 0.3) is 0 Å². The van der Waals surface area contributed by atoms with Crippen molar-refractivity contribution in [1.29, 1.82) is 0 Å². The molecule has 3 heteroatoms. The Morgan fingerprint density at radius 3 is 2.36 bits per heavy atom. The zero-order valence-corrected chi connectivity index (χ0v) is 9.89. The first-order chi connectivity index (χ1) is 6.38. The number of hydrogen-bond donors (Lipinski definition) is 0. The topological polar surface area (TPSA) is 38.7 Å². The standard InChI is InChI=1S/C11H21NO2/c1-9(12-6-7-14-5)8-10(13)11(2,3)4/h6-8H2,1-5H3. The zero-order chi connectivity index (χ0) is 11.2. The van der Waals surface area contributed by atoms with Gasteiger partial charge in [0.2, 0.25) is 0 Å². The largest absolute Gasteiger partial charge is 0.383 e. The highest BCUT2D eigenvalue weighted by atomic mass is 16.5. The summed E-state index contributed by atoms with van der Waals surface area (Å²) < 4.78 is 4.87. The molecule has 0 aromatic carbocycles. The van der Waals surface area contributed by atoms with Crippen molar-refractivity contribution in [2.24, 2.45) is 10.4 Å². The summed E-state index contributed by atoms with van der Waals surface area (Å²) >= 11 is 0. The van der Waals surface area contributed by atoms with E-state index in [-0.39, 0.29) is 11.2 Å². The van der Waals surface area contributed by atoms with Crippen LogP contribution in [0.5, 0.6) is 0 Å². The maximum absolute atomic E-state index is 11.6. The normalized spacial score (nSPS) is 13.1. The first kappa shape index (κ1) is 13.3. The van der Waals surface area contributed by atoms with Crippen LogP contribution in [0, 0.1) is 5.41 Å². The third-order valence-corrected chi connectivity index (χ3v) is 1.93. The number of rotatable bonds is 5. The molecule has 0 rings (SSSR count). The van der Waals surface area contributed by atoms with Gasteiger partial charge < -0.3 is 4.74 Å². The van der Waals surface area contributed by atoms with Gasteiger partial charge in [0.25, 0.3) is 0 Å². The Morgan fingerprint density at radius 1 is 1.36 bits per heavy atom. The Kier molecular flexibility index (Phi) is 5.62. The summed E-state index contributed by atoms with van der Waals surface area (Å²) in [6.45, 7) is 8.92. The number of aliphatic imine (C=N–C) groups is 1. The molecule has 0 saturated heterocycles. The second-order valence-electron chi connectivity index (χ2n) is 4.46. The molecule has 0 fully saturated rings. The number of ether oxygens (including phenoxy) is 1. The Balaban J connectivity index is 3.99. The van der Waals surface area contributed by atoms with Crippen molar-refractivity contribution < 1.29 is 9.53 Å². The van der Waals surface area contributed by atoms with Crippen molar-refractivity contribution >= 4 is 11.5 Å². The van der Waals surface area contributed by atoms with Crippen LogP contribution in [0.1, 0.15) is 34.1 Å². The summed E-state index contributed by atoms with van der Waals surface area (Å²) in [5.41, 5.74) is 0.625. The summed E-state index contributed by atoms with van der Waals surface area (Å²) in [5.74, 6) is 0.233. The Labute approximate surface area is 86.6 Å². The summed E-state index contributed by atoms with van der Waals surface area (Å²) in [6, 6.07) is 0. The minimum Gasteiger partial charge on any atom is -0.383 e. The molecular weight excluding hydrogens is 178 g/mol. The average molecular weight is 199 g/mol. The van der Waals surface area contributed by atoms with Gasteiger partial charge in [-0.1, -0.05) is 20.8 Å². The lowest BCUT2D eigenvalue weighted by Crippen LogP contribution is -2.22. The lowest BCUT2D eigenvalue weighted by atomic mass is 9.88. The molecule has 0 aliphatic rings. The van der Waals surface area contributed by atoms with E-state index in [1.165, 1.54) is 0 Å². The second-order valence-corrected chi connectivity index (χ2v) is 4.46. The predicted octanol–water partition coefficient (Wildman–Crippen LogP) is 2.10. The quantitative estimate of drug-likeness (QED) is 0.502. The van der Waals surface area contributed by atoms with E-state index in [4.69, 9.17) is 4.74 Å². The first-order valence-electron chi connectivity index (χ1n) is 4.90. The van der Waals surface area contributed by atoms with Gasteiger partial charge in [-0.05, 0) is 6.92 Å². The molecule has 0 N–H and O–H groups in total. The Hall–Kier alpha value is -0.700. The van der Waals surface area contributed by atoms with Crippen LogP contribution in [0.15, 0.2) is 4.99 Å². The van der Waals surface area contributed by atoms with Crippen molar-refractivity contribution in [3.63, 3.8) is 0 Å². The molecule has 0 bridgehead atoms. The molecule has 0 aliphatic carbocycles. The third-order valence-electron chi connectivity index (χ3n) is 1.93. The van der Waals surface area contributed by atoms with Crippen LogP contribution in [-0.4, -0.2) is 31.8 Å². The van der Waals surface area contributed by atoms with Gasteiger partial charge in [0, 0.05) is 24.7 Å². The van der Waals surface area contributed by atoms with Gasteiger partial charge in [0.05, 0.1) is 13.2 Å². The molecule has 0 aliphatic heterocycles. The molecule has 0 radical (unpaired) electrons. The fraction of sp³-hybridized carbons (Fsp3) is 0.818. The Bertz CT molecular complexity index is 214. The van der Waals surface area contributed by atoms with E-state index in [1.807, 2.05) is 27.7 Å². The maximum atomic E-state index is 11.6. The molecule has 0 unspecified atom stereocenters. The molecule has 82 valence electrons. The van der Waals surface area contributed by atoms with Gasteiger partial charge in [-0.25, -0.2) is 0 Å². The molecule has 0 heterocycles. The number of nitrogens with zero attached hydrogens (tertiary/aromatic N) is 1. The van der Waals surface area contributed by atoms with E-state index in [0.717, 1.165) is 5.71 Å². The Morgan fingerprint density at radius 2 is 1.93 bits per heavy atom. The molecule has 3 nitrogen and oxygen atoms in total. The minimum atomic E-state index is -0.266. The second kappa shape index (κ2) is 5.91. The summed E-state index contributed by atoms with van der Waals surface area (Å²) in [6.07, 6.45) is 0.452. The molecule has 0 amide bonds. The van der Waals surface area contributed by atoms with Crippen molar-refractivity contribution in [2.75, 3.05) is 20.3 Å². The van der Waals surface area contributed by atoms with E-state index < -0.39 is 0 Å². The molecule has 0 aromatic rings. The first-order valence-corrected chi connectivity index (χ1v) is 4.90. The molecule has 0 saturated carbocycles. The number of ketones is 1. The van der Waals surface area contributed by atoms with E-state index in [1.54, 1.807) is 7.11 Å². The number of Topliss-reactive ketones (excluding diaryl/α,β-unsaturated/α-hetero) is 1. The van der Waals surface area contributed by atoms with Crippen LogP contribution in [0.3, 0.4) is 0 Å². The monoisotopic (exact) mass is 199 g/mol. The fourth-order valence-electron chi connectivity index (χ4n) is 0.881. The zero-order valence-electron chi connectivity index (χ0n) is 9.89. The van der Waals surface area contributed by atoms with Gasteiger partial charge >= 0.3 is 0 Å². The van der Waals surface area contributed by atoms with E-state index in [2.05, 4.69) is 4.99 Å². The lowest BCUT2D eigenvalue weighted by Gasteiger charge is -2.16. The van der Waals surface area contributed by atoms with E-state index in [9.17, 15) is 4.79 Å². The lowest BCUT2D eigenvalue weighted by molar-refractivity contribution is -0.125. The van der Waals surface area contributed by atoms with Crippen LogP contribution in [-0.2, 0) is 9.53 Å². The molecule has 0 spiro atoms.